The maximum atomic E-state index is 13.4. The van der Waals surface area contributed by atoms with Gasteiger partial charge in [-0.2, -0.15) is 0 Å². The van der Waals surface area contributed by atoms with Crippen LogP contribution in [-0.2, 0) is 20.8 Å². The zero-order chi connectivity index (χ0) is 29.0. The number of benzene rings is 1. The number of nitrogens with zero attached hydrogens (tertiary/aromatic N) is 1. The molecule has 39 heavy (non-hydrogen) atoms. The van der Waals surface area contributed by atoms with Crippen LogP contribution in [0.15, 0.2) is 29.4 Å². The molecule has 0 bridgehead atoms. The molecule has 0 aromatic heterocycles. The monoisotopic (exact) mass is 546 g/mol. The number of nitrogens with one attached hydrogen (secondary N) is 2. The predicted molar refractivity (Wildman–Crippen MR) is 160 cm³/mol. The third-order valence-electron chi connectivity index (χ3n) is 7.23. The van der Waals surface area contributed by atoms with Gasteiger partial charge in [-0.05, 0) is 42.4 Å². The number of rotatable bonds is 21. The van der Waals surface area contributed by atoms with Crippen LogP contribution in [0.25, 0.3) is 0 Å². The zero-order valence-electron chi connectivity index (χ0n) is 25.0. The second kappa shape index (κ2) is 20.3. The zero-order valence-corrected chi connectivity index (χ0v) is 25.0. The van der Waals surface area contributed by atoms with Crippen LogP contribution in [0, 0.1) is 11.8 Å². The molecule has 0 radical (unpaired) electrons. The van der Waals surface area contributed by atoms with Gasteiger partial charge in [0.2, 0.25) is 11.8 Å². The molecule has 0 unspecified atom stereocenters. The molecule has 222 valence electrons. The third-order valence-corrected chi connectivity index (χ3v) is 7.23. The Kier molecular flexibility index (Phi) is 17.9. The Morgan fingerprint density at radius 2 is 1.51 bits per heavy atom. The molecule has 1 aromatic rings. The molecule has 0 fully saturated rings. The first kappa shape index (κ1) is 34.4. The standard InChI is InChI=1S/C31H54N4O4/c1-6-8-9-10-11-12-13-14-15-20-39-33-22-28(24(5)7-2)35-30(37)27(34-31(38)29(32)23(3)4)21-25-16-18-26(36)19-17-25/h16-19,22-24,27-29,36H,6-15,20-21,32H2,1-5H3,(H,34,38)(H,35,37)/b33-22+/t24-,27-,28+,29-/m0/s1. The number of aromatic hydroxyl groups is 1. The van der Waals surface area contributed by atoms with Crippen LogP contribution in [-0.4, -0.2) is 47.9 Å². The molecule has 0 aliphatic heterocycles. The summed E-state index contributed by atoms with van der Waals surface area (Å²) in [7, 11) is 0. The molecule has 0 saturated heterocycles. The molecule has 8 heteroatoms. The predicted octanol–water partition coefficient (Wildman–Crippen LogP) is 5.47. The summed E-state index contributed by atoms with van der Waals surface area (Å²) in [5, 5.41) is 19.6. The molecule has 5 N–H and O–H groups in total. The lowest BCUT2D eigenvalue weighted by atomic mass is 9.98. The second-order valence-corrected chi connectivity index (χ2v) is 11.0. The molecule has 8 nitrogen and oxygen atoms in total. The quantitative estimate of drug-likeness (QED) is 0.0924. The van der Waals surface area contributed by atoms with Crippen molar-refractivity contribution in [3.8, 4) is 5.75 Å². The minimum Gasteiger partial charge on any atom is -0.508 e. The third kappa shape index (κ3) is 14.9. The van der Waals surface area contributed by atoms with Crippen LogP contribution in [0.3, 0.4) is 0 Å². The van der Waals surface area contributed by atoms with E-state index in [4.69, 9.17) is 10.6 Å². The molecule has 2 amide bonds. The normalized spacial score (nSPS) is 14.6. The maximum Gasteiger partial charge on any atom is 0.243 e. The van der Waals surface area contributed by atoms with Crippen molar-refractivity contribution < 1.29 is 19.5 Å². The summed E-state index contributed by atoms with van der Waals surface area (Å²) < 4.78 is 0. The number of hydrogen-bond donors (Lipinski definition) is 4. The first-order valence-corrected chi connectivity index (χ1v) is 15.0. The molecule has 1 aromatic carbocycles. The summed E-state index contributed by atoms with van der Waals surface area (Å²) in [6, 6.07) is 4.70. The number of unbranched alkanes of at least 4 members (excludes halogenated alkanes) is 8. The highest BCUT2D eigenvalue weighted by molar-refractivity contribution is 5.91. The fourth-order valence-electron chi connectivity index (χ4n) is 4.13. The van der Waals surface area contributed by atoms with Crippen molar-refractivity contribution in [2.75, 3.05) is 6.61 Å². The molecule has 0 spiro atoms. The van der Waals surface area contributed by atoms with E-state index in [-0.39, 0.29) is 41.9 Å². The minimum absolute atomic E-state index is 0.0645. The SMILES string of the molecule is CCCCCCCCCCCO/N=C/[C@@H](NC(=O)[C@H](Cc1ccc(O)cc1)NC(=O)[C@@H](N)C(C)C)[C@@H](C)CC. The van der Waals surface area contributed by atoms with Gasteiger partial charge in [0.15, 0.2) is 0 Å². The van der Waals surface area contributed by atoms with E-state index >= 15 is 0 Å². The van der Waals surface area contributed by atoms with Gasteiger partial charge in [-0.25, -0.2) is 0 Å². The maximum absolute atomic E-state index is 13.4. The van der Waals surface area contributed by atoms with Gasteiger partial charge >= 0.3 is 0 Å². The lowest BCUT2D eigenvalue weighted by molar-refractivity contribution is -0.130. The van der Waals surface area contributed by atoms with E-state index in [1.807, 2.05) is 20.8 Å². The van der Waals surface area contributed by atoms with Gasteiger partial charge in [-0.1, -0.05) is 103 Å². The van der Waals surface area contributed by atoms with Crippen LogP contribution in [0.4, 0.5) is 0 Å². The molecule has 0 aliphatic carbocycles. The molecule has 0 aliphatic rings. The molecule has 0 saturated carbocycles. The van der Waals surface area contributed by atoms with E-state index in [1.54, 1.807) is 30.5 Å². The highest BCUT2D eigenvalue weighted by atomic mass is 16.6. The lowest BCUT2D eigenvalue weighted by Crippen LogP contribution is -2.56. The van der Waals surface area contributed by atoms with Gasteiger partial charge in [-0.15, -0.1) is 0 Å². The Bertz CT molecular complexity index is 828. The summed E-state index contributed by atoms with van der Waals surface area (Å²) in [5.41, 5.74) is 6.84. The van der Waals surface area contributed by atoms with Crippen molar-refractivity contribution in [1.29, 1.82) is 0 Å². The smallest absolute Gasteiger partial charge is 0.243 e. The van der Waals surface area contributed by atoms with Crippen LogP contribution < -0.4 is 16.4 Å². The minimum atomic E-state index is -0.824. The summed E-state index contributed by atoms with van der Waals surface area (Å²) in [4.78, 5) is 31.6. The first-order chi connectivity index (χ1) is 18.7. The Hall–Kier alpha value is -2.61. The number of carbonyl (C=O) groups excluding carboxylic acids is 2. The van der Waals surface area contributed by atoms with Crippen LogP contribution in [0.2, 0.25) is 0 Å². The Morgan fingerprint density at radius 3 is 2.08 bits per heavy atom. The molecule has 0 heterocycles. The van der Waals surface area contributed by atoms with Gasteiger partial charge in [0.25, 0.3) is 0 Å². The fourth-order valence-corrected chi connectivity index (χ4v) is 4.13. The summed E-state index contributed by atoms with van der Waals surface area (Å²) in [5.74, 6) is -0.492. The summed E-state index contributed by atoms with van der Waals surface area (Å²) >= 11 is 0. The van der Waals surface area contributed by atoms with Crippen LogP contribution in [0.5, 0.6) is 5.75 Å². The molecular formula is C31H54N4O4. The molecular weight excluding hydrogens is 492 g/mol. The van der Waals surface area contributed by atoms with Crippen molar-refractivity contribution >= 4 is 18.0 Å². The molecule has 4 atom stereocenters. The number of oxime groups is 1. The average molecular weight is 547 g/mol. The van der Waals surface area contributed by atoms with Gasteiger partial charge < -0.3 is 26.3 Å². The number of nitrogens with two attached hydrogens (primary N) is 1. The summed E-state index contributed by atoms with van der Waals surface area (Å²) in [6.07, 6.45) is 14.0. The van der Waals surface area contributed by atoms with Crippen molar-refractivity contribution in [2.45, 2.75) is 123 Å². The van der Waals surface area contributed by atoms with E-state index in [0.29, 0.717) is 6.61 Å². The second-order valence-electron chi connectivity index (χ2n) is 11.0. The highest BCUT2D eigenvalue weighted by Gasteiger charge is 2.28. The van der Waals surface area contributed by atoms with Gasteiger partial charge in [0, 0.05) is 6.42 Å². The Morgan fingerprint density at radius 1 is 0.923 bits per heavy atom. The van der Waals surface area contributed by atoms with E-state index in [2.05, 4.69) is 29.6 Å². The van der Waals surface area contributed by atoms with E-state index in [0.717, 1.165) is 24.8 Å². The van der Waals surface area contributed by atoms with E-state index < -0.39 is 12.1 Å². The van der Waals surface area contributed by atoms with Crippen molar-refractivity contribution in [1.82, 2.24) is 10.6 Å². The number of phenols is 1. The van der Waals surface area contributed by atoms with Crippen LogP contribution >= 0.6 is 0 Å². The molecule has 1 rings (SSSR count). The van der Waals surface area contributed by atoms with Gasteiger partial charge in [-0.3, -0.25) is 9.59 Å². The Labute approximate surface area is 236 Å². The number of carbonyl (C=O) groups is 2. The van der Waals surface area contributed by atoms with Gasteiger partial charge in [0.1, 0.15) is 18.4 Å². The van der Waals surface area contributed by atoms with E-state index in [1.165, 1.54) is 44.9 Å². The van der Waals surface area contributed by atoms with Crippen LogP contribution in [0.1, 0.15) is 104 Å². The van der Waals surface area contributed by atoms with E-state index in [9.17, 15) is 14.7 Å². The van der Waals surface area contributed by atoms with Gasteiger partial charge in [0.05, 0.1) is 18.3 Å². The van der Waals surface area contributed by atoms with Crippen molar-refractivity contribution in [3.05, 3.63) is 29.8 Å². The number of amides is 2. The van der Waals surface area contributed by atoms with Crippen molar-refractivity contribution in [2.24, 2.45) is 22.7 Å². The fraction of sp³-hybridized carbons (Fsp3) is 0.710. The topological polar surface area (TPSA) is 126 Å². The summed E-state index contributed by atoms with van der Waals surface area (Å²) in [6.45, 7) is 10.6. The first-order valence-electron chi connectivity index (χ1n) is 15.0. The largest absolute Gasteiger partial charge is 0.508 e. The van der Waals surface area contributed by atoms with Crippen molar-refractivity contribution in [3.63, 3.8) is 0 Å². The lowest BCUT2D eigenvalue weighted by Gasteiger charge is -2.26. The Balaban J connectivity index is 2.67. The number of hydrogen-bond acceptors (Lipinski definition) is 6. The highest BCUT2D eigenvalue weighted by Crippen LogP contribution is 2.13. The number of phenolic OH excluding ortho intramolecular Hbond substituents is 1. The average Bonchev–Trinajstić information content (AvgIpc) is 2.92.